The fraction of sp³-hybridized carbons (Fsp3) is 0.118. The Kier molecular flexibility index (Phi) is 4.95. The Hall–Kier alpha value is -2.55. The highest BCUT2D eigenvalue weighted by Crippen LogP contribution is 2.29. The molecule has 0 bridgehead atoms. The molecule has 2 rings (SSSR count). The van der Waals surface area contributed by atoms with E-state index in [2.05, 4.69) is 0 Å². The van der Waals surface area contributed by atoms with Crippen LogP contribution in [0.25, 0.3) is 6.08 Å². The summed E-state index contributed by atoms with van der Waals surface area (Å²) < 4.78 is 11.1. The number of rotatable bonds is 6. The molecule has 0 fully saturated rings. The van der Waals surface area contributed by atoms with Crippen LogP contribution in [0.2, 0.25) is 0 Å². The summed E-state index contributed by atoms with van der Waals surface area (Å²) in [5.41, 5.74) is 1.98. The van der Waals surface area contributed by atoms with Gasteiger partial charge in [0.25, 0.3) is 0 Å². The van der Waals surface area contributed by atoms with Gasteiger partial charge >= 0.3 is 0 Å². The molecule has 0 aliphatic rings. The second kappa shape index (κ2) is 7.14. The van der Waals surface area contributed by atoms with Crippen LogP contribution in [0, 0.1) is 0 Å². The lowest BCUT2D eigenvalue weighted by molar-refractivity contribution is -0.104. The van der Waals surface area contributed by atoms with E-state index in [1.807, 2.05) is 48.5 Å². The van der Waals surface area contributed by atoms with E-state index < -0.39 is 0 Å². The summed E-state index contributed by atoms with van der Waals surface area (Å²) in [7, 11) is 1.60. The summed E-state index contributed by atoms with van der Waals surface area (Å²) >= 11 is 0. The van der Waals surface area contributed by atoms with Gasteiger partial charge in [-0.05, 0) is 29.3 Å². The first kappa shape index (κ1) is 13.9. The lowest BCUT2D eigenvalue weighted by Gasteiger charge is -2.11. The first-order valence-electron chi connectivity index (χ1n) is 6.30. The van der Waals surface area contributed by atoms with Gasteiger partial charge in [-0.3, -0.25) is 4.79 Å². The number of methoxy groups -OCH3 is 1. The third-order valence-corrected chi connectivity index (χ3v) is 2.79. The van der Waals surface area contributed by atoms with Gasteiger partial charge in [-0.15, -0.1) is 0 Å². The zero-order chi connectivity index (χ0) is 14.2. The fourth-order valence-electron chi connectivity index (χ4n) is 1.80. The van der Waals surface area contributed by atoms with Crippen LogP contribution in [0.5, 0.6) is 11.5 Å². The number of allylic oxidation sites excluding steroid dienone is 1. The number of carbonyl (C=O) groups is 1. The van der Waals surface area contributed by atoms with E-state index in [1.165, 1.54) is 6.08 Å². The van der Waals surface area contributed by atoms with Gasteiger partial charge in [0.1, 0.15) is 12.9 Å². The van der Waals surface area contributed by atoms with Gasteiger partial charge in [0.15, 0.2) is 11.5 Å². The molecule has 0 spiro atoms. The smallest absolute Gasteiger partial charge is 0.162 e. The van der Waals surface area contributed by atoms with E-state index in [9.17, 15) is 4.79 Å². The van der Waals surface area contributed by atoms with Crippen LogP contribution in [-0.4, -0.2) is 13.4 Å². The second-order valence-corrected chi connectivity index (χ2v) is 4.18. The van der Waals surface area contributed by atoms with E-state index in [-0.39, 0.29) is 0 Å². The molecule has 0 atom stereocenters. The van der Waals surface area contributed by atoms with Crippen molar-refractivity contribution in [3.8, 4) is 11.5 Å². The van der Waals surface area contributed by atoms with E-state index in [0.29, 0.717) is 18.1 Å². The lowest BCUT2D eigenvalue weighted by Crippen LogP contribution is -1.97. The van der Waals surface area contributed by atoms with E-state index in [4.69, 9.17) is 9.47 Å². The molecule has 0 radical (unpaired) electrons. The van der Waals surface area contributed by atoms with Gasteiger partial charge in [-0.25, -0.2) is 0 Å². The van der Waals surface area contributed by atoms with Gasteiger partial charge in [-0.1, -0.05) is 42.5 Å². The normalized spacial score (nSPS) is 10.4. The first-order chi connectivity index (χ1) is 9.83. The number of benzene rings is 2. The predicted molar refractivity (Wildman–Crippen MR) is 78.9 cm³/mol. The van der Waals surface area contributed by atoms with Gasteiger partial charge in [0.2, 0.25) is 0 Å². The molecule has 0 aromatic heterocycles. The van der Waals surface area contributed by atoms with Crippen molar-refractivity contribution in [1.82, 2.24) is 0 Å². The van der Waals surface area contributed by atoms with E-state index >= 15 is 0 Å². The first-order valence-corrected chi connectivity index (χ1v) is 6.30. The highest BCUT2D eigenvalue weighted by Gasteiger charge is 2.05. The average Bonchev–Trinajstić information content (AvgIpc) is 2.52. The minimum absolute atomic E-state index is 0.470. The average molecular weight is 268 g/mol. The molecule has 0 aliphatic carbocycles. The van der Waals surface area contributed by atoms with E-state index in [0.717, 1.165) is 17.4 Å². The van der Waals surface area contributed by atoms with Crippen molar-refractivity contribution in [2.75, 3.05) is 7.11 Å². The van der Waals surface area contributed by atoms with Crippen molar-refractivity contribution in [3.63, 3.8) is 0 Å². The third-order valence-electron chi connectivity index (χ3n) is 2.79. The largest absolute Gasteiger partial charge is 0.493 e. The lowest BCUT2D eigenvalue weighted by atomic mass is 10.2. The maximum Gasteiger partial charge on any atom is 0.162 e. The number of hydrogen-bond donors (Lipinski definition) is 0. The molecule has 2 aromatic carbocycles. The Labute approximate surface area is 118 Å². The molecular formula is C17H16O3. The molecular weight excluding hydrogens is 252 g/mol. The molecule has 0 aliphatic heterocycles. The van der Waals surface area contributed by atoms with Crippen LogP contribution >= 0.6 is 0 Å². The maximum absolute atomic E-state index is 10.4. The fourth-order valence-corrected chi connectivity index (χ4v) is 1.80. The number of ether oxygens (including phenoxy) is 2. The summed E-state index contributed by atoms with van der Waals surface area (Å²) in [5.74, 6) is 1.33. The molecule has 0 amide bonds. The zero-order valence-corrected chi connectivity index (χ0v) is 11.3. The summed E-state index contributed by atoms with van der Waals surface area (Å²) in [6, 6.07) is 15.5. The Balaban J connectivity index is 2.15. The SMILES string of the molecule is COc1ccc(/C=C/C=O)cc1OCc1ccccc1. The molecule has 3 nitrogen and oxygen atoms in total. The summed E-state index contributed by atoms with van der Waals surface area (Å²) in [6.07, 6.45) is 3.92. The Morgan fingerprint density at radius 2 is 1.85 bits per heavy atom. The molecule has 20 heavy (non-hydrogen) atoms. The van der Waals surface area contributed by atoms with Gasteiger partial charge in [0.05, 0.1) is 7.11 Å². The monoisotopic (exact) mass is 268 g/mol. The molecule has 2 aromatic rings. The molecule has 0 saturated carbocycles. The quantitative estimate of drug-likeness (QED) is 0.594. The highest BCUT2D eigenvalue weighted by molar-refractivity contribution is 5.74. The molecule has 0 unspecified atom stereocenters. The van der Waals surface area contributed by atoms with Crippen molar-refractivity contribution in [1.29, 1.82) is 0 Å². The summed E-state index contributed by atoms with van der Waals surface area (Å²) in [5, 5.41) is 0. The molecule has 0 N–H and O–H groups in total. The second-order valence-electron chi connectivity index (χ2n) is 4.18. The Bertz CT molecular complexity index is 588. The minimum atomic E-state index is 0.470. The van der Waals surface area contributed by atoms with Crippen molar-refractivity contribution >= 4 is 12.4 Å². The number of hydrogen-bond acceptors (Lipinski definition) is 3. The summed E-state index contributed by atoms with van der Waals surface area (Å²) in [6.45, 7) is 0.470. The zero-order valence-electron chi connectivity index (χ0n) is 11.3. The number of aldehydes is 1. The van der Waals surface area contributed by atoms with Crippen molar-refractivity contribution in [2.24, 2.45) is 0 Å². The van der Waals surface area contributed by atoms with Gasteiger partial charge in [0, 0.05) is 0 Å². The molecule has 3 heteroatoms. The van der Waals surface area contributed by atoms with Crippen LogP contribution in [-0.2, 0) is 11.4 Å². The summed E-state index contributed by atoms with van der Waals surface area (Å²) in [4.78, 5) is 10.4. The maximum atomic E-state index is 10.4. The van der Waals surface area contributed by atoms with E-state index in [1.54, 1.807) is 13.2 Å². The standard InChI is InChI=1S/C17H16O3/c1-19-16-10-9-14(8-5-11-18)12-17(16)20-13-15-6-3-2-4-7-15/h2-12H,13H2,1H3/b8-5+. The molecule has 0 saturated heterocycles. The van der Waals surface area contributed by atoms with Crippen LogP contribution in [0.1, 0.15) is 11.1 Å². The predicted octanol–water partition coefficient (Wildman–Crippen LogP) is 3.49. The van der Waals surface area contributed by atoms with Crippen LogP contribution < -0.4 is 9.47 Å². The van der Waals surface area contributed by atoms with Crippen LogP contribution in [0.3, 0.4) is 0 Å². The van der Waals surface area contributed by atoms with Gasteiger partial charge < -0.3 is 9.47 Å². The Morgan fingerprint density at radius 1 is 1.05 bits per heavy atom. The topological polar surface area (TPSA) is 35.5 Å². The Morgan fingerprint density at radius 3 is 2.55 bits per heavy atom. The van der Waals surface area contributed by atoms with Crippen LogP contribution in [0.4, 0.5) is 0 Å². The minimum Gasteiger partial charge on any atom is -0.493 e. The van der Waals surface area contributed by atoms with Crippen molar-refractivity contribution < 1.29 is 14.3 Å². The molecule has 102 valence electrons. The van der Waals surface area contributed by atoms with Gasteiger partial charge in [-0.2, -0.15) is 0 Å². The highest BCUT2D eigenvalue weighted by atomic mass is 16.5. The molecule has 0 heterocycles. The number of carbonyl (C=O) groups excluding carboxylic acids is 1. The van der Waals surface area contributed by atoms with Crippen molar-refractivity contribution in [3.05, 3.63) is 65.7 Å². The third kappa shape index (κ3) is 3.72. The van der Waals surface area contributed by atoms with Crippen molar-refractivity contribution in [2.45, 2.75) is 6.61 Å². The van der Waals surface area contributed by atoms with Crippen LogP contribution in [0.15, 0.2) is 54.6 Å².